The van der Waals surface area contributed by atoms with Gasteiger partial charge in [-0.2, -0.15) is 0 Å². The molecule has 0 bridgehead atoms. The lowest BCUT2D eigenvalue weighted by Gasteiger charge is -2.32. The van der Waals surface area contributed by atoms with E-state index in [1.54, 1.807) is 12.1 Å². The van der Waals surface area contributed by atoms with Crippen LogP contribution in [0.3, 0.4) is 0 Å². The standard InChI is InChI=1S/C21H21FN4O3/c1-12-5-6-14-16(11-12)24-19(18-15(22)3-2-4-17(18)27)25-20(14)26(21(28)29)13-7-9-23-10-8-13/h2-6,11,13,23,27H,7-10H2,1H3,(H,28,29). The number of hydrogen-bond acceptors (Lipinski definition) is 5. The van der Waals surface area contributed by atoms with Crippen molar-refractivity contribution >= 4 is 22.8 Å². The predicted molar refractivity (Wildman–Crippen MR) is 108 cm³/mol. The quantitative estimate of drug-likeness (QED) is 0.625. The molecule has 1 amide bonds. The fraction of sp³-hybridized carbons (Fsp3) is 0.286. The molecule has 0 radical (unpaired) electrons. The molecule has 1 saturated heterocycles. The summed E-state index contributed by atoms with van der Waals surface area (Å²) >= 11 is 0. The van der Waals surface area contributed by atoms with Gasteiger partial charge in [0.1, 0.15) is 17.4 Å². The second-order valence-electron chi connectivity index (χ2n) is 7.16. The first kappa shape index (κ1) is 19.1. The molecule has 1 aliphatic rings. The van der Waals surface area contributed by atoms with Crippen LogP contribution in [0.5, 0.6) is 5.75 Å². The number of benzene rings is 2. The van der Waals surface area contributed by atoms with Gasteiger partial charge < -0.3 is 15.5 Å². The highest BCUT2D eigenvalue weighted by atomic mass is 19.1. The predicted octanol–water partition coefficient (Wildman–Crippen LogP) is 3.69. The molecule has 4 rings (SSSR count). The second kappa shape index (κ2) is 7.63. The van der Waals surface area contributed by atoms with Crippen LogP contribution >= 0.6 is 0 Å². The van der Waals surface area contributed by atoms with E-state index in [1.807, 2.05) is 13.0 Å². The van der Waals surface area contributed by atoms with Crippen LogP contribution in [-0.2, 0) is 0 Å². The molecule has 8 heteroatoms. The number of phenolic OH excluding ortho intramolecular Hbond substituents is 1. The Labute approximate surface area is 166 Å². The Morgan fingerprint density at radius 3 is 2.66 bits per heavy atom. The number of hydrogen-bond donors (Lipinski definition) is 3. The van der Waals surface area contributed by atoms with Gasteiger partial charge in [0.15, 0.2) is 5.82 Å². The number of fused-ring (bicyclic) bond motifs is 1. The smallest absolute Gasteiger partial charge is 0.413 e. The maximum Gasteiger partial charge on any atom is 0.413 e. The van der Waals surface area contributed by atoms with Crippen molar-refractivity contribution in [3.05, 3.63) is 47.8 Å². The van der Waals surface area contributed by atoms with E-state index in [4.69, 9.17) is 0 Å². The van der Waals surface area contributed by atoms with Gasteiger partial charge in [-0.15, -0.1) is 0 Å². The Bertz CT molecular complexity index is 1060. The molecule has 1 aromatic heterocycles. The molecular weight excluding hydrogens is 375 g/mol. The normalized spacial score (nSPS) is 14.8. The van der Waals surface area contributed by atoms with Gasteiger partial charge in [-0.1, -0.05) is 12.1 Å². The SMILES string of the molecule is Cc1ccc2c(N(C(=O)O)C3CCNCC3)nc(-c3c(O)cccc3F)nc2c1. The molecule has 0 saturated carbocycles. The van der Waals surface area contributed by atoms with Gasteiger partial charge in [-0.05, 0) is 62.7 Å². The molecule has 1 aliphatic heterocycles. The minimum atomic E-state index is -1.12. The summed E-state index contributed by atoms with van der Waals surface area (Å²) in [6.07, 6.45) is 0.162. The highest BCUT2D eigenvalue weighted by Crippen LogP contribution is 2.35. The summed E-state index contributed by atoms with van der Waals surface area (Å²) in [6, 6.07) is 9.13. The number of aromatic hydroxyl groups is 1. The van der Waals surface area contributed by atoms with Gasteiger partial charge in [0, 0.05) is 11.4 Å². The highest BCUT2D eigenvalue weighted by molar-refractivity contribution is 5.99. The molecule has 0 unspecified atom stereocenters. The van der Waals surface area contributed by atoms with Crippen LogP contribution in [0.2, 0.25) is 0 Å². The lowest BCUT2D eigenvalue weighted by molar-refractivity contribution is 0.196. The van der Waals surface area contributed by atoms with Crippen molar-refractivity contribution in [1.82, 2.24) is 15.3 Å². The van der Waals surface area contributed by atoms with Gasteiger partial charge in [0.25, 0.3) is 0 Å². The Morgan fingerprint density at radius 2 is 1.97 bits per heavy atom. The maximum atomic E-state index is 14.5. The van der Waals surface area contributed by atoms with Crippen LogP contribution in [-0.4, -0.2) is 45.4 Å². The Hall–Kier alpha value is -3.26. The summed E-state index contributed by atoms with van der Waals surface area (Å²) in [6.45, 7) is 3.30. The molecule has 3 N–H and O–H groups in total. The summed E-state index contributed by atoms with van der Waals surface area (Å²) in [5.74, 6) is -0.820. The number of amides is 1. The van der Waals surface area contributed by atoms with Gasteiger partial charge >= 0.3 is 6.09 Å². The monoisotopic (exact) mass is 396 g/mol. The van der Waals surface area contributed by atoms with E-state index >= 15 is 0 Å². The zero-order chi connectivity index (χ0) is 20.5. The van der Waals surface area contributed by atoms with Crippen LogP contribution in [0.25, 0.3) is 22.3 Å². The van der Waals surface area contributed by atoms with Crippen molar-refractivity contribution in [2.24, 2.45) is 0 Å². The lowest BCUT2D eigenvalue weighted by Crippen LogP contribution is -2.46. The third-order valence-electron chi connectivity index (χ3n) is 5.16. The number of piperidine rings is 1. The molecule has 0 spiro atoms. The molecule has 0 aliphatic carbocycles. The molecular formula is C21H21FN4O3. The van der Waals surface area contributed by atoms with E-state index in [1.165, 1.54) is 23.1 Å². The Morgan fingerprint density at radius 1 is 1.21 bits per heavy atom. The lowest BCUT2D eigenvalue weighted by atomic mass is 10.0. The van der Waals surface area contributed by atoms with Crippen molar-refractivity contribution in [2.45, 2.75) is 25.8 Å². The van der Waals surface area contributed by atoms with Crippen molar-refractivity contribution in [2.75, 3.05) is 18.0 Å². The largest absolute Gasteiger partial charge is 0.507 e. The zero-order valence-corrected chi connectivity index (χ0v) is 15.9. The van der Waals surface area contributed by atoms with Crippen molar-refractivity contribution in [1.29, 1.82) is 0 Å². The van der Waals surface area contributed by atoms with Crippen molar-refractivity contribution in [3.8, 4) is 17.1 Å². The minimum Gasteiger partial charge on any atom is -0.507 e. The third kappa shape index (κ3) is 3.58. The van der Waals surface area contributed by atoms with Gasteiger partial charge in [-0.25, -0.2) is 19.2 Å². The first-order valence-electron chi connectivity index (χ1n) is 9.45. The van der Waals surface area contributed by atoms with Crippen LogP contribution in [0.1, 0.15) is 18.4 Å². The number of carboxylic acid groups (broad SMARTS) is 1. The van der Waals surface area contributed by atoms with Crippen molar-refractivity contribution in [3.63, 3.8) is 0 Å². The number of halogens is 1. The van der Waals surface area contributed by atoms with Crippen LogP contribution in [0.4, 0.5) is 15.0 Å². The fourth-order valence-electron chi connectivity index (χ4n) is 3.74. The number of anilines is 1. The summed E-state index contributed by atoms with van der Waals surface area (Å²) in [7, 11) is 0. The zero-order valence-electron chi connectivity index (χ0n) is 15.9. The molecule has 3 aromatic rings. The average molecular weight is 396 g/mol. The number of aryl methyl sites for hydroxylation is 1. The first-order valence-corrected chi connectivity index (χ1v) is 9.45. The summed E-state index contributed by atoms with van der Waals surface area (Å²) in [5.41, 5.74) is 1.27. The number of nitrogens with one attached hydrogen (secondary N) is 1. The molecule has 0 atom stereocenters. The topological polar surface area (TPSA) is 98.6 Å². The van der Waals surface area contributed by atoms with Crippen molar-refractivity contribution < 1.29 is 19.4 Å². The van der Waals surface area contributed by atoms with Crippen LogP contribution in [0.15, 0.2) is 36.4 Å². The maximum absolute atomic E-state index is 14.5. The number of aromatic nitrogens is 2. The summed E-state index contributed by atoms with van der Waals surface area (Å²) in [4.78, 5) is 22.3. The van der Waals surface area contributed by atoms with E-state index in [0.717, 1.165) is 5.56 Å². The molecule has 7 nitrogen and oxygen atoms in total. The van der Waals surface area contributed by atoms with E-state index in [9.17, 15) is 19.4 Å². The van der Waals surface area contributed by atoms with Crippen LogP contribution in [0, 0.1) is 12.7 Å². The second-order valence-corrected chi connectivity index (χ2v) is 7.16. The molecule has 2 heterocycles. The third-order valence-corrected chi connectivity index (χ3v) is 5.16. The fourth-order valence-corrected chi connectivity index (χ4v) is 3.74. The van der Waals surface area contributed by atoms with E-state index < -0.39 is 11.9 Å². The number of nitrogens with zero attached hydrogens (tertiary/aromatic N) is 3. The molecule has 1 fully saturated rings. The molecule has 150 valence electrons. The number of phenols is 1. The number of rotatable bonds is 3. The molecule has 2 aromatic carbocycles. The minimum absolute atomic E-state index is 0.0473. The van der Waals surface area contributed by atoms with E-state index in [0.29, 0.717) is 36.8 Å². The average Bonchev–Trinajstić information content (AvgIpc) is 2.68. The Kier molecular flexibility index (Phi) is 5.02. The van der Waals surface area contributed by atoms with E-state index in [2.05, 4.69) is 15.3 Å². The summed E-state index contributed by atoms with van der Waals surface area (Å²) < 4.78 is 14.5. The number of carbonyl (C=O) groups is 1. The van der Waals surface area contributed by atoms with Gasteiger partial charge in [0.05, 0.1) is 11.1 Å². The first-order chi connectivity index (χ1) is 14.0. The van der Waals surface area contributed by atoms with Gasteiger partial charge in [0.2, 0.25) is 0 Å². The highest BCUT2D eigenvalue weighted by Gasteiger charge is 2.30. The molecule has 29 heavy (non-hydrogen) atoms. The van der Waals surface area contributed by atoms with Gasteiger partial charge in [-0.3, -0.25) is 4.90 Å². The Balaban J connectivity index is 1.97. The van der Waals surface area contributed by atoms with Crippen LogP contribution < -0.4 is 10.2 Å². The summed E-state index contributed by atoms with van der Waals surface area (Å²) in [5, 5.41) is 24.0. The van der Waals surface area contributed by atoms with E-state index in [-0.39, 0.29) is 29.0 Å².